The average molecular weight is 425 g/mol. The number of unbranched alkanes of at least 4 members (excludes halogenated alkanes) is 16. The van der Waals surface area contributed by atoms with Gasteiger partial charge in [0.05, 0.1) is 5.75 Å². The first-order valence-corrected chi connectivity index (χ1v) is 13.7. The molecule has 1 aromatic rings. The molecule has 0 spiro atoms. The molecule has 0 fully saturated rings. The van der Waals surface area contributed by atoms with Gasteiger partial charge >= 0.3 is 10.1 Å². The molecule has 0 aliphatic carbocycles. The highest BCUT2D eigenvalue weighted by molar-refractivity contribution is 7.87. The summed E-state index contributed by atoms with van der Waals surface area (Å²) in [4.78, 5) is 0. The first-order valence-electron chi connectivity index (χ1n) is 12.1. The zero-order chi connectivity index (χ0) is 21.0. The largest absolute Gasteiger partial charge is 0.382 e. The van der Waals surface area contributed by atoms with Crippen molar-refractivity contribution in [3.05, 3.63) is 30.3 Å². The third-order valence-corrected chi connectivity index (χ3v) is 6.70. The van der Waals surface area contributed by atoms with Crippen molar-refractivity contribution in [3.63, 3.8) is 0 Å². The highest BCUT2D eigenvalue weighted by Crippen LogP contribution is 2.15. The molecule has 1 aromatic carbocycles. The van der Waals surface area contributed by atoms with Crippen LogP contribution < -0.4 is 4.18 Å². The standard InChI is InChI=1S/C25H44O3S/c1-2-3-4-5-6-7-8-9-10-11-12-13-14-15-16-17-21-24-29(26,27)28-25-22-19-18-20-23-25/h18-20,22-23H,2-17,21,24H2,1H3. The summed E-state index contributed by atoms with van der Waals surface area (Å²) in [6.45, 7) is 2.27. The van der Waals surface area contributed by atoms with E-state index >= 15 is 0 Å². The van der Waals surface area contributed by atoms with E-state index in [4.69, 9.17) is 4.18 Å². The molecule has 0 aliphatic rings. The first kappa shape index (κ1) is 26.0. The van der Waals surface area contributed by atoms with Crippen molar-refractivity contribution in [3.8, 4) is 5.75 Å². The SMILES string of the molecule is CCCCCCCCCCCCCCCCCCCS(=O)(=O)Oc1ccccc1. The lowest BCUT2D eigenvalue weighted by Gasteiger charge is -2.07. The summed E-state index contributed by atoms with van der Waals surface area (Å²) in [6, 6.07) is 8.75. The molecule has 29 heavy (non-hydrogen) atoms. The van der Waals surface area contributed by atoms with Gasteiger partial charge in [0, 0.05) is 0 Å². The fourth-order valence-corrected chi connectivity index (χ4v) is 4.71. The molecule has 168 valence electrons. The van der Waals surface area contributed by atoms with E-state index in [1.165, 1.54) is 89.9 Å². The Morgan fingerprint density at radius 3 is 1.38 bits per heavy atom. The van der Waals surface area contributed by atoms with Gasteiger partial charge in [-0.15, -0.1) is 0 Å². The number of benzene rings is 1. The molecule has 3 nitrogen and oxygen atoms in total. The van der Waals surface area contributed by atoms with Gasteiger partial charge < -0.3 is 4.18 Å². The van der Waals surface area contributed by atoms with Gasteiger partial charge in [0.2, 0.25) is 0 Å². The summed E-state index contributed by atoms with van der Waals surface area (Å²) < 4.78 is 29.0. The third-order valence-electron chi connectivity index (χ3n) is 5.46. The maximum Gasteiger partial charge on any atom is 0.309 e. The smallest absolute Gasteiger partial charge is 0.309 e. The average Bonchev–Trinajstić information content (AvgIpc) is 2.70. The molecule has 0 bridgehead atoms. The van der Waals surface area contributed by atoms with E-state index in [2.05, 4.69) is 6.92 Å². The summed E-state index contributed by atoms with van der Waals surface area (Å²) in [5, 5.41) is 0. The van der Waals surface area contributed by atoms with Crippen LogP contribution in [0.4, 0.5) is 0 Å². The Bertz CT molecular complexity index is 569. The van der Waals surface area contributed by atoms with Crippen molar-refractivity contribution >= 4 is 10.1 Å². The Morgan fingerprint density at radius 2 is 0.966 bits per heavy atom. The van der Waals surface area contributed by atoms with Crippen LogP contribution in [0.2, 0.25) is 0 Å². The van der Waals surface area contributed by atoms with Gasteiger partial charge in [0.15, 0.2) is 0 Å². The van der Waals surface area contributed by atoms with Crippen molar-refractivity contribution < 1.29 is 12.6 Å². The summed E-state index contributed by atoms with van der Waals surface area (Å²) in [6.07, 6.45) is 22.0. The van der Waals surface area contributed by atoms with Crippen LogP contribution in [0.15, 0.2) is 30.3 Å². The lowest BCUT2D eigenvalue weighted by atomic mass is 10.0. The van der Waals surface area contributed by atoms with Gasteiger partial charge in [-0.3, -0.25) is 0 Å². The van der Waals surface area contributed by atoms with Crippen LogP contribution >= 0.6 is 0 Å². The normalized spacial score (nSPS) is 11.6. The zero-order valence-corrected chi connectivity index (χ0v) is 19.6. The van der Waals surface area contributed by atoms with Crippen LogP contribution in [0.1, 0.15) is 116 Å². The molecule has 0 radical (unpaired) electrons. The molecule has 0 heterocycles. The molecule has 0 atom stereocenters. The minimum Gasteiger partial charge on any atom is -0.382 e. The van der Waals surface area contributed by atoms with Crippen LogP contribution in [0, 0.1) is 0 Å². The van der Waals surface area contributed by atoms with Crippen LogP contribution in [-0.4, -0.2) is 14.2 Å². The Morgan fingerprint density at radius 1 is 0.586 bits per heavy atom. The molecular formula is C25H44O3S. The monoisotopic (exact) mass is 424 g/mol. The van der Waals surface area contributed by atoms with Gasteiger partial charge in [0.25, 0.3) is 0 Å². The van der Waals surface area contributed by atoms with Crippen molar-refractivity contribution in [2.45, 2.75) is 116 Å². The van der Waals surface area contributed by atoms with Crippen LogP contribution in [0.3, 0.4) is 0 Å². The highest BCUT2D eigenvalue weighted by atomic mass is 32.2. The summed E-state index contributed by atoms with van der Waals surface area (Å²) >= 11 is 0. The Kier molecular flexibility index (Phi) is 16.0. The summed E-state index contributed by atoms with van der Waals surface area (Å²) in [5.41, 5.74) is 0. The molecule has 4 heteroatoms. The van der Waals surface area contributed by atoms with E-state index in [1.807, 2.05) is 6.07 Å². The zero-order valence-electron chi connectivity index (χ0n) is 18.7. The maximum absolute atomic E-state index is 11.9. The number of rotatable bonds is 20. The number of hydrogen-bond acceptors (Lipinski definition) is 3. The van der Waals surface area contributed by atoms with Crippen molar-refractivity contribution in [1.29, 1.82) is 0 Å². The van der Waals surface area contributed by atoms with Gasteiger partial charge in [-0.25, -0.2) is 0 Å². The summed E-state index contributed by atoms with van der Waals surface area (Å²) in [7, 11) is -3.46. The van der Waals surface area contributed by atoms with Crippen molar-refractivity contribution in [1.82, 2.24) is 0 Å². The molecule has 0 aromatic heterocycles. The minimum atomic E-state index is -3.46. The van der Waals surface area contributed by atoms with Gasteiger partial charge in [-0.05, 0) is 18.6 Å². The van der Waals surface area contributed by atoms with Gasteiger partial charge in [-0.2, -0.15) is 8.42 Å². The molecule has 0 unspecified atom stereocenters. The van der Waals surface area contributed by atoms with E-state index in [0.717, 1.165) is 12.8 Å². The van der Waals surface area contributed by atoms with Crippen molar-refractivity contribution in [2.75, 3.05) is 5.75 Å². The number of para-hydroxylation sites is 1. The number of hydrogen-bond donors (Lipinski definition) is 0. The second kappa shape index (κ2) is 17.8. The Balaban J connectivity index is 1.82. The van der Waals surface area contributed by atoms with E-state index in [9.17, 15) is 8.42 Å². The molecule has 0 N–H and O–H groups in total. The van der Waals surface area contributed by atoms with E-state index in [0.29, 0.717) is 12.2 Å². The maximum atomic E-state index is 11.9. The van der Waals surface area contributed by atoms with Crippen molar-refractivity contribution in [2.24, 2.45) is 0 Å². The molecule has 0 saturated carbocycles. The molecule has 1 rings (SSSR count). The minimum absolute atomic E-state index is 0.112. The molecular weight excluding hydrogens is 380 g/mol. The lowest BCUT2D eigenvalue weighted by molar-refractivity contribution is 0.481. The first-order chi connectivity index (χ1) is 14.1. The quantitative estimate of drug-likeness (QED) is 0.157. The highest BCUT2D eigenvalue weighted by Gasteiger charge is 2.11. The molecule has 0 aliphatic heterocycles. The fraction of sp³-hybridized carbons (Fsp3) is 0.760. The van der Waals surface area contributed by atoms with Crippen LogP contribution in [0.25, 0.3) is 0 Å². The van der Waals surface area contributed by atoms with Gasteiger partial charge in [-0.1, -0.05) is 128 Å². The molecule has 0 amide bonds. The Hall–Kier alpha value is -1.03. The predicted molar refractivity (Wildman–Crippen MR) is 125 cm³/mol. The lowest BCUT2D eigenvalue weighted by Crippen LogP contribution is -2.13. The second-order valence-corrected chi connectivity index (χ2v) is 10.0. The third kappa shape index (κ3) is 16.5. The van der Waals surface area contributed by atoms with Crippen LogP contribution in [-0.2, 0) is 10.1 Å². The fourth-order valence-electron chi connectivity index (χ4n) is 3.67. The van der Waals surface area contributed by atoms with Gasteiger partial charge in [0.1, 0.15) is 5.75 Å². The topological polar surface area (TPSA) is 43.4 Å². The predicted octanol–water partition coefficient (Wildman–Crippen LogP) is 8.05. The van der Waals surface area contributed by atoms with E-state index < -0.39 is 10.1 Å². The Labute approximate surface area is 180 Å². The van der Waals surface area contributed by atoms with E-state index in [1.54, 1.807) is 24.3 Å². The second-order valence-electron chi connectivity index (χ2n) is 8.32. The van der Waals surface area contributed by atoms with E-state index in [-0.39, 0.29) is 5.75 Å². The van der Waals surface area contributed by atoms with Crippen LogP contribution in [0.5, 0.6) is 5.75 Å². The molecule has 0 saturated heterocycles. The summed E-state index contributed by atoms with van der Waals surface area (Å²) in [5.74, 6) is 0.514.